The molecule has 152 valence electrons. The molecule has 29 heavy (non-hydrogen) atoms. The number of rotatable bonds is 3. The Morgan fingerprint density at radius 2 is 2.03 bits per heavy atom. The van der Waals surface area contributed by atoms with E-state index in [1.807, 2.05) is 30.6 Å². The number of aromatic nitrogens is 1. The predicted octanol–water partition coefficient (Wildman–Crippen LogP) is 2.42. The Kier molecular flexibility index (Phi) is 4.46. The van der Waals surface area contributed by atoms with Crippen LogP contribution >= 0.6 is 0 Å². The van der Waals surface area contributed by atoms with Crippen molar-refractivity contribution in [3.8, 4) is 11.5 Å². The van der Waals surface area contributed by atoms with Crippen molar-refractivity contribution in [1.82, 2.24) is 9.99 Å². The Morgan fingerprint density at radius 1 is 1.21 bits per heavy atom. The van der Waals surface area contributed by atoms with Crippen LogP contribution in [0.4, 0.5) is 0 Å². The molecule has 0 amide bonds. The van der Waals surface area contributed by atoms with Crippen LogP contribution in [0.1, 0.15) is 50.3 Å². The highest BCUT2D eigenvalue weighted by Gasteiger charge is 2.53. The number of hydrazone groups is 1. The third-order valence-electron chi connectivity index (χ3n) is 6.69. The number of fused-ring (bicyclic) bond motifs is 4. The van der Waals surface area contributed by atoms with E-state index in [9.17, 15) is 0 Å². The van der Waals surface area contributed by atoms with Crippen LogP contribution in [0.3, 0.4) is 0 Å². The lowest BCUT2D eigenvalue weighted by atomic mass is 9.90. The van der Waals surface area contributed by atoms with E-state index in [0.717, 1.165) is 60.7 Å². The maximum atomic E-state index is 6.77. The lowest BCUT2D eigenvalue weighted by Crippen LogP contribution is -3.16. The molecule has 0 aliphatic carbocycles. The molecule has 4 heterocycles. The van der Waals surface area contributed by atoms with Crippen LogP contribution in [-0.2, 0) is 0 Å². The molecule has 6 heteroatoms. The number of nitrogens with one attached hydrogen (secondary N) is 1. The molecule has 1 atom stereocenters. The molecule has 3 aliphatic heterocycles. The van der Waals surface area contributed by atoms with Gasteiger partial charge in [0.1, 0.15) is 0 Å². The summed E-state index contributed by atoms with van der Waals surface area (Å²) in [6.07, 6.45) is 6.48. The van der Waals surface area contributed by atoms with Gasteiger partial charge < -0.3 is 14.4 Å². The number of methoxy groups -OCH3 is 1. The van der Waals surface area contributed by atoms with E-state index in [1.54, 1.807) is 12.0 Å². The highest BCUT2D eigenvalue weighted by Crippen LogP contribution is 2.52. The van der Waals surface area contributed by atoms with Crippen molar-refractivity contribution in [3.05, 3.63) is 53.9 Å². The summed E-state index contributed by atoms with van der Waals surface area (Å²) in [4.78, 5) is 5.93. The van der Waals surface area contributed by atoms with Gasteiger partial charge in [0, 0.05) is 29.9 Å². The van der Waals surface area contributed by atoms with Gasteiger partial charge in [-0.05, 0) is 26.0 Å². The molecule has 1 spiro atoms. The second kappa shape index (κ2) is 7.02. The van der Waals surface area contributed by atoms with Gasteiger partial charge >= 0.3 is 0 Å². The smallest absolute Gasteiger partial charge is 0.209 e. The number of benzene rings is 1. The lowest BCUT2D eigenvalue weighted by Gasteiger charge is -2.50. The molecular formula is C23H29N4O2+. The number of hydrogen-bond donors (Lipinski definition) is 1. The Morgan fingerprint density at radius 3 is 2.72 bits per heavy atom. The van der Waals surface area contributed by atoms with E-state index in [-0.39, 0.29) is 6.04 Å². The van der Waals surface area contributed by atoms with E-state index in [1.165, 1.54) is 0 Å². The first-order valence-corrected chi connectivity index (χ1v) is 10.6. The number of piperidine rings is 1. The van der Waals surface area contributed by atoms with Gasteiger partial charge in [0.05, 0.1) is 50.8 Å². The normalized spacial score (nSPS) is 28.0. The third kappa shape index (κ3) is 2.97. The molecule has 1 saturated heterocycles. The minimum Gasteiger partial charge on any atom is -0.493 e. The number of likely N-dealkylation sites (tertiary alicyclic amines) is 1. The molecule has 2 aromatic rings. The van der Waals surface area contributed by atoms with Gasteiger partial charge in [0.15, 0.2) is 11.5 Å². The molecule has 5 rings (SSSR count). The van der Waals surface area contributed by atoms with E-state index >= 15 is 0 Å². The van der Waals surface area contributed by atoms with Crippen molar-refractivity contribution in [3.63, 3.8) is 0 Å². The van der Waals surface area contributed by atoms with E-state index in [0.29, 0.717) is 6.04 Å². The van der Waals surface area contributed by atoms with Gasteiger partial charge in [-0.15, -0.1) is 0 Å². The SMILES string of the molecule is COc1cccc2c1OC1(CC[NH+](C(C)C)CC1)N1N=C(c3cccnc3)C[C@@H]21. The number of pyridine rings is 1. The Balaban J connectivity index is 1.57. The summed E-state index contributed by atoms with van der Waals surface area (Å²) in [5.74, 6) is 1.71. The highest BCUT2D eigenvalue weighted by molar-refractivity contribution is 6.01. The van der Waals surface area contributed by atoms with Crippen LogP contribution in [0.25, 0.3) is 0 Å². The topological polar surface area (TPSA) is 51.4 Å². The van der Waals surface area contributed by atoms with Crippen LogP contribution in [0.5, 0.6) is 11.5 Å². The predicted molar refractivity (Wildman–Crippen MR) is 111 cm³/mol. The minimum absolute atomic E-state index is 0.171. The number of hydrogen-bond acceptors (Lipinski definition) is 5. The molecule has 0 saturated carbocycles. The number of ether oxygens (including phenoxy) is 2. The van der Waals surface area contributed by atoms with Gasteiger partial charge in [-0.2, -0.15) is 5.10 Å². The zero-order chi connectivity index (χ0) is 20.0. The summed E-state index contributed by atoms with van der Waals surface area (Å²) in [5.41, 5.74) is 2.93. The minimum atomic E-state index is -0.408. The van der Waals surface area contributed by atoms with Crippen molar-refractivity contribution in [2.75, 3.05) is 20.2 Å². The zero-order valence-electron chi connectivity index (χ0n) is 17.4. The highest BCUT2D eigenvalue weighted by atomic mass is 16.5. The molecule has 1 aromatic carbocycles. The average molecular weight is 394 g/mol. The molecule has 0 bridgehead atoms. The van der Waals surface area contributed by atoms with E-state index < -0.39 is 5.72 Å². The standard InChI is InChI=1S/C23H28N4O2/c1-16(2)26-12-9-23(10-13-26)27-20(14-19(25-27)17-6-5-11-24-15-17)18-7-4-8-21(28-3)22(18)29-23/h4-8,11,15-16,20H,9-10,12-14H2,1-3H3/p+1/t20-/m0/s1. The van der Waals surface area contributed by atoms with E-state index in [4.69, 9.17) is 14.6 Å². The first-order chi connectivity index (χ1) is 14.1. The van der Waals surface area contributed by atoms with Crippen molar-refractivity contribution < 1.29 is 14.4 Å². The third-order valence-corrected chi connectivity index (χ3v) is 6.69. The van der Waals surface area contributed by atoms with E-state index in [2.05, 4.69) is 36.0 Å². The maximum absolute atomic E-state index is 6.77. The van der Waals surface area contributed by atoms with Gasteiger partial charge in [0.25, 0.3) is 0 Å². The van der Waals surface area contributed by atoms with Crippen molar-refractivity contribution in [2.45, 2.75) is 50.9 Å². The van der Waals surface area contributed by atoms with Crippen molar-refractivity contribution >= 4 is 5.71 Å². The second-order valence-corrected chi connectivity index (χ2v) is 8.59. The summed E-state index contributed by atoms with van der Waals surface area (Å²) < 4.78 is 12.4. The number of nitrogens with zero attached hydrogens (tertiary/aromatic N) is 3. The Labute approximate surface area is 172 Å². The lowest BCUT2D eigenvalue weighted by molar-refractivity contribution is -0.929. The molecule has 6 nitrogen and oxygen atoms in total. The fraction of sp³-hybridized carbons (Fsp3) is 0.478. The molecular weight excluding hydrogens is 364 g/mol. The molecule has 1 N–H and O–H groups in total. The van der Waals surface area contributed by atoms with Gasteiger partial charge in [0.2, 0.25) is 5.72 Å². The monoisotopic (exact) mass is 393 g/mol. The van der Waals surface area contributed by atoms with Gasteiger partial charge in [-0.1, -0.05) is 18.2 Å². The molecule has 1 aromatic heterocycles. The maximum Gasteiger partial charge on any atom is 0.209 e. The first kappa shape index (κ1) is 18.4. The quantitative estimate of drug-likeness (QED) is 0.870. The summed E-state index contributed by atoms with van der Waals surface area (Å²) in [7, 11) is 1.72. The average Bonchev–Trinajstić information content (AvgIpc) is 3.21. The zero-order valence-corrected chi connectivity index (χ0v) is 17.4. The van der Waals surface area contributed by atoms with Crippen LogP contribution in [-0.4, -0.2) is 47.7 Å². The summed E-state index contributed by atoms with van der Waals surface area (Å²) in [6.45, 7) is 6.77. The van der Waals surface area contributed by atoms with Gasteiger partial charge in [-0.3, -0.25) is 4.98 Å². The van der Waals surface area contributed by atoms with Crippen LogP contribution in [0.15, 0.2) is 47.8 Å². The fourth-order valence-corrected chi connectivity index (χ4v) is 5.01. The van der Waals surface area contributed by atoms with Gasteiger partial charge in [-0.25, -0.2) is 5.01 Å². The first-order valence-electron chi connectivity index (χ1n) is 10.6. The molecule has 3 aliphatic rings. The Bertz CT molecular complexity index is 920. The number of para-hydroxylation sites is 1. The number of quaternary nitrogens is 1. The van der Waals surface area contributed by atoms with Crippen LogP contribution in [0.2, 0.25) is 0 Å². The van der Waals surface area contributed by atoms with Crippen molar-refractivity contribution in [1.29, 1.82) is 0 Å². The molecule has 1 fully saturated rings. The largest absolute Gasteiger partial charge is 0.493 e. The van der Waals surface area contributed by atoms with Crippen LogP contribution < -0.4 is 14.4 Å². The molecule has 0 radical (unpaired) electrons. The molecule has 0 unspecified atom stereocenters. The summed E-state index contributed by atoms with van der Waals surface area (Å²) in [6, 6.07) is 11.1. The second-order valence-electron chi connectivity index (χ2n) is 8.59. The summed E-state index contributed by atoms with van der Waals surface area (Å²) >= 11 is 0. The van der Waals surface area contributed by atoms with Crippen LogP contribution in [0, 0.1) is 0 Å². The fourth-order valence-electron chi connectivity index (χ4n) is 5.01. The Hall–Kier alpha value is -2.60. The van der Waals surface area contributed by atoms with Crippen molar-refractivity contribution in [2.24, 2.45) is 5.10 Å². The summed E-state index contributed by atoms with van der Waals surface area (Å²) in [5, 5.41) is 7.37.